The van der Waals surface area contributed by atoms with E-state index in [4.69, 9.17) is 5.26 Å². The van der Waals surface area contributed by atoms with Gasteiger partial charge in [0.25, 0.3) is 0 Å². The van der Waals surface area contributed by atoms with Crippen LogP contribution in [-0.2, 0) is 0 Å². The number of nitrogens with one attached hydrogen (secondary N) is 1. The molecular weight excluding hydrogens is 328 g/mol. The molecule has 0 bridgehead atoms. The molecule has 21 heavy (non-hydrogen) atoms. The molecule has 0 fully saturated rings. The first-order valence-corrected chi connectivity index (χ1v) is 7.65. The number of nitriles is 1. The number of aromatic nitrogens is 2. The molecule has 2 rings (SSSR count). The van der Waals surface area contributed by atoms with Gasteiger partial charge in [-0.1, -0.05) is 41.9 Å². The van der Waals surface area contributed by atoms with E-state index < -0.39 is 0 Å². The highest BCUT2D eigenvalue weighted by atomic mass is 79.9. The Labute approximate surface area is 133 Å². The zero-order valence-corrected chi connectivity index (χ0v) is 13.7. The quantitative estimate of drug-likeness (QED) is 0.818. The summed E-state index contributed by atoms with van der Waals surface area (Å²) >= 11 is 3.43. The van der Waals surface area contributed by atoms with Crippen LogP contribution in [0.1, 0.15) is 31.9 Å². The zero-order chi connectivity index (χ0) is 15.2. The fraction of sp³-hybridized carbons (Fsp3) is 0.312. The van der Waals surface area contributed by atoms with Crippen molar-refractivity contribution in [3.63, 3.8) is 0 Å². The largest absolute Gasteiger partial charge is 0.369 e. The Bertz CT molecular complexity index is 644. The van der Waals surface area contributed by atoms with Gasteiger partial charge in [-0.05, 0) is 18.1 Å². The molecule has 5 heteroatoms. The molecule has 0 spiro atoms. The molecule has 4 nitrogen and oxygen atoms in total. The van der Waals surface area contributed by atoms with Crippen LogP contribution >= 0.6 is 15.9 Å². The molecule has 0 radical (unpaired) electrons. The molecule has 0 atom stereocenters. The second-order valence-corrected chi connectivity index (χ2v) is 5.91. The first-order valence-electron chi connectivity index (χ1n) is 6.86. The molecule has 0 saturated heterocycles. The van der Waals surface area contributed by atoms with Crippen molar-refractivity contribution in [2.75, 3.05) is 11.9 Å². The molecule has 1 N–H and O–H groups in total. The lowest BCUT2D eigenvalue weighted by atomic mass is 10.1. The van der Waals surface area contributed by atoms with Crippen molar-refractivity contribution < 1.29 is 0 Å². The van der Waals surface area contributed by atoms with Crippen LogP contribution in [0, 0.1) is 11.3 Å². The van der Waals surface area contributed by atoms with Crippen LogP contribution in [0.25, 0.3) is 11.4 Å². The number of halogens is 1. The average molecular weight is 345 g/mol. The zero-order valence-electron chi connectivity index (χ0n) is 12.1. The minimum Gasteiger partial charge on any atom is -0.369 e. The molecule has 0 saturated carbocycles. The maximum atomic E-state index is 8.62. The molecular formula is C16H17BrN4. The molecule has 0 amide bonds. The number of anilines is 1. The first-order chi connectivity index (χ1) is 10.1. The summed E-state index contributed by atoms with van der Waals surface area (Å²) < 4.78 is 1.03. The fourth-order valence-electron chi connectivity index (χ4n) is 1.83. The third-order valence-electron chi connectivity index (χ3n) is 2.98. The summed E-state index contributed by atoms with van der Waals surface area (Å²) in [6.07, 6.45) is 0.453. The smallest absolute Gasteiger partial charge is 0.161 e. The van der Waals surface area contributed by atoms with Gasteiger partial charge < -0.3 is 5.32 Å². The highest BCUT2D eigenvalue weighted by Gasteiger charge is 2.09. The van der Waals surface area contributed by atoms with E-state index in [2.05, 4.69) is 51.1 Å². The number of hydrogen-bond donors (Lipinski definition) is 1. The van der Waals surface area contributed by atoms with Gasteiger partial charge in [0, 0.05) is 28.3 Å². The molecule has 2 aromatic rings. The molecule has 1 aromatic carbocycles. The van der Waals surface area contributed by atoms with Crippen LogP contribution < -0.4 is 5.32 Å². The number of benzene rings is 1. The van der Waals surface area contributed by atoms with Crippen LogP contribution in [0.4, 0.5) is 5.82 Å². The van der Waals surface area contributed by atoms with Crippen LogP contribution in [0.5, 0.6) is 0 Å². The topological polar surface area (TPSA) is 61.6 Å². The lowest BCUT2D eigenvalue weighted by Crippen LogP contribution is -2.06. The predicted octanol–water partition coefficient (Wildman–Crippen LogP) is 4.36. The van der Waals surface area contributed by atoms with Crippen molar-refractivity contribution in [3.8, 4) is 17.5 Å². The maximum absolute atomic E-state index is 8.62. The normalized spacial score (nSPS) is 10.4. The van der Waals surface area contributed by atoms with Crippen molar-refractivity contribution in [3.05, 3.63) is 40.5 Å². The van der Waals surface area contributed by atoms with Crippen molar-refractivity contribution in [1.82, 2.24) is 9.97 Å². The van der Waals surface area contributed by atoms with Gasteiger partial charge >= 0.3 is 0 Å². The van der Waals surface area contributed by atoms with Crippen molar-refractivity contribution >= 4 is 21.7 Å². The monoisotopic (exact) mass is 344 g/mol. The van der Waals surface area contributed by atoms with E-state index in [-0.39, 0.29) is 0 Å². The lowest BCUT2D eigenvalue weighted by Gasteiger charge is -2.11. The van der Waals surface area contributed by atoms with E-state index >= 15 is 0 Å². The van der Waals surface area contributed by atoms with Gasteiger partial charge in [0.15, 0.2) is 5.82 Å². The predicted molar refractivity (Wildman–Crippen MR) is 88.0 cm³/mol. The van der Waals surface area contributed by atoms with Crippen molar-refractivity contribution in [2.24, 2.45) is 0 Å². The molecule has 1 heterocycles. The van der Waals surface area contributed by atoms with E-state index in [1.54, 1.807) is 0 Å². The summed E-state index contributed by atoms with van der Waals surface area (Å²) in [7, 11) is 0. The van der Waals surface area contributed by atoms with Gasteiger partial charge in [0.05, 0.1) is 12.5 Å². The van der Waals surface area contributed by atoms with Crippen LogP contribution in [0.15, 0.2) is 34.8 Å². The maximum Gasteiger partial charge on any atom is 0.161 e. The lowest BCUT2D eigenvalue weighted by molar-refractivity contribution is 0.816. The average Bonchev–Trinajstić information content (AvgIpc) is 2.48. The third kappa shape index (κ3) is 4.27. The van der Waals surface area contributed by atoms with Gasteiger partial charge in [-0.25, -0.2) is 9.97 Å². The summed E-state index contributed by atoms with van der Waals surface area (Å²) in [5, 5.41) is 11.8. The molecule has 108 valence electrons. The Balaban J connectivity index is 2.35. The van der Waals surface area contributed by atoms with E-state index in [0.717, 1.165) is 21.5 Å². The molecule has 0 aliphatic carbocycles. The number of rotatable bonds is 5. The summed E-state index contributed by atoms with van der Waals surface area (Å²) in [5.41, 5.74) is 1.96. The van der Waals surface area contributed by atoms with Crippen LogP contribution in [0.3, 0.4) is 0 Å². The van der Waals surface area contributed by atoms with E-state index in [0.29, 0.717) is 24.7 Å². The minimum absolute atomic E-state index is 0.318. The SMILES string of the molecule is CC(C)c1cc(NCCC#N)nc(-c2ccc(Br)cc2)n1. The Hall–Kier alpha value is -1.93. The second kappa shape index (κ2) is 7.19. The number of hydrogen-bond acceptors (Lipinski definition) is 4. The van der Waals surface area contributed by atoms with Gasteiger partial charge in [-0.15, -0.1) is 0 Å². The molecule has 0 aliphatic heterocycles. The van der Waals surface area contributed by atoms with E-state index in [9.17, 15) is 0 Å². The Kier molecular flexibility index (Phi) is 5.29. The van der Waals surface area contributed by atoms with Gasteiger partial charge in [-0.2, -0.15) is 5.26 Å². The van der Waals surface area contributed by atoms with E-state index in [1.165, 1.54) is 0 Å². The fourth-order valence-corrected chi connectivity index (χ4v) is 2.09. The molecule has 1 aromatic heterocycles. The van der Waals surface area contributed by atoms with Crippen LogP contribution in [0.2, 0.25) is 0 Å². The van der Waals surface area contributed by atoms with Crippen molar-refractivity contribution in [1.29, 1.82) is 5.26 Å². The second-order valence-electron chi connectivity index (χ2n) is 5.00. The minimum atomic E-state index is 0.318. The van der Waals surface area contributed by atoms with Gasteiger partial charge in [0.2, 0.25) is 0 Å². The highest BCUT2D eigenvalue weighted by molar-refractivity contribution is 9.10. The summed E-state index contributed by atoms with van der Waals surface area (Å²) in [4.78, 5) is 9.17. The first kappa shape index (κ1) is 15.5. The highest BCUT2D eigenvalue weighted by Crippen LogP contribution is 2.23. The summed E-state index contributed by atoms with van der Waals surface area (Å²) in [6.45, 7) is 4.80. The Morgan fingerprint density at radius 1 is 1.24 bits per heavy atom. The van der Waals surface area contributed by atoms with Gasteiger partial charge in [0.1, 0.15) is 5.82 Å². The standard InChI is InChI=1S/C16H17BrN4/c1-11(2)14-10-15(19-9-3-8-18)21-16(20-14)12-4-6-13(17)7-5-12/h4-7,10-11H,3,9H2,1-2H3,(H,19,20,21). The summed E-state index contributed by atoms with van der Waals surface area (Å²) in [5.74, 6) is 1.79. The van der Waals surface area contributed by atoms with Gasteiger partial charge in [-0.3, -0.25) is 0 Å². The summed E-state index contributed by atoms with van der Waals surface area (Å²) in [6, 6.07) is 12.0. The molecule has 0 aliphatic rings. The third-order valence-corrected chi connectivity index (χ3v) is 3.51. The van der Waals surface area contributed by atoms with Crippen molar-refractivity contribution in [2.45, 2.75) is 26.2 Å². The van der Waals surface area contributed by atoms with Crippen LogP contribution in [-0.4, -0.2) is 16.5 Å². The van der Waals surface area contributed by atoms with E-state index in [1.807, 2.05) is 30.3 Å². The Morgan fingerprint density at radius 2 is 1.95 bits per heavy atom. The number of nitrogens with zero attached hydrogens (tertiary/aromatic N) is 3. The Morgan fingerprint density at radius 3 is 2.57 bits per heavy atom. The molecule has 0 unspecified atom stereocenters.